The van der Waals surface area contributed by atoms with Crippen molar-refractivity contribution in [1.82, 2.24) is 4.72 Å². The van der Waals surface area contributed by atoms with E-state index in [9.17, 15) is 18.0 Å². The highest BCUT2D eigenvalue weighted by Crippen LogP contribution is 2.12. The van der Waals surface area contributed by atoms with Crippen molar-refractivity contribution in [3.8, 4) is 0 Å². The lowest BCUT2D eigenvalue weighted by atomic mass is 10.1. The molecule has 6 nitrogen and oxygen atoms in total. The maximum absolute atomic E-state index is 12.0. The van der Waals surface area contributed by atoms with Crippen LogP contribution in [0.4, 0.5) is 0 Å². The maximum Gasteiger partial charge on any atom is 0.306 e. The van der Waals surface area contributed by atoms with Crippen molar-refractivity contribution < 1.29 is 23.1 Å². The van der Waals surface area contributed by atoms with Gasteiger partial charge >= 0.3 is 5.97 Å². The molecule has 1 unspecified atom stereocenters. The third-order valence-corrected chi connectivity index (χ3v) is 4.54. The van der Waals surface area contributed by atoms with Crippen molar-refractivity contribution in [2.45, 2.75) is 31.6 Å². The van der Waals surface area contributed by atoms with Gasteiger partial charge in [-0.3, -0.25) is 9.59 Å². The summed E-state index contributed by atoms with van der Waals surface area (Å²) >= 11 is 0. The number of carbonyl (C=O) groups is 2. The monoisotopic (exact) mass is 313 g/mol. The molecule has 0 heterocycles. The Bertz CT molecular complexity index is 624. The summed E-state index contributed by atoms with van der Waals surface area (Å²) in [6.45, 7) is 3.10. The molecule has 0 spiro atoms. The first-order chi connectivity index (χ1) is 9.74. The smallest absolute Gasteiger partial charge is 0.306 e. The number of carbonyl (C=O) groups excluding carboxylic acids is 1. The standard InChI is InChI=1S/C14H19NO5S/c1-10(14(17)18)5-4-8-15-21(19,20)13-7-3-6-12(9-13)11(2)16/h3,6-7,9-10,15H,4-5,8H2,1-2H3,(H,17,18). The van der Waals surface area contributed by atoms with Crippen molar-refractivity contribution in [2.24, 2.45) is 5.92 Å². The van der Waals surface area contributed by atoms with Crippen LogP contribution in [0, 0.1) is 5.92 Å². The first kappa shape index (κ1) is 17.3. The van der Waals surface area contributed by atoms with E-state index in [0.717, 1.165) is 0 Å². The fraction of sp³-hybridized carbons (Fsp3) is 0.429. The molecule has 0 aliphatic heterocycles. The summed E-state index contributed by atoms with van der Waals surface area (Å²) < 4.78 is 26.5. The fourth-order valence-electron chi connectivity index (χ4n) is 1.70. The van der Waals surface area contributed by atoms with Crippen LogP contribution in [0.15, 0.2) is 29.2 Å². The summed E-state index contributed by atoms with van der Waals surface area (Å²) in [7, 11) is -3.68. The molecule has 1 aromatic rings. The number of nitrogens with one attached hydrogen (secondary N) is 1. The number of hydrogen-bond acceptors (Lipinski definition) is 4. The lowest BCUT2D eigenvalue weighted by molar-refractivity contribution is -0.141. The minimum atomic E-state index is -3.68. The minimum absolute atomic E-state index is 0.0292. The number of Topliss-reactive ketones (excluding diaryl/α,β-unsaturated/α-hetero) is 1. The van der Waals surface area contributed by atoms with Gasteiger partial charge in [0.25, 0.3) is 0 Å². The van der Waals surface area contributed by atoms with Crippen LogP contribution in [0.1, 0.15) is 37.0 Å². The Balaban J connectivity index is 2.64. The molecule has 0 bridgehead atoms. The molecule has 0 aliphatic rings. The highest BCUT2D eigenvalue weighted by atomic mass is 32.2. The van der Waals surface area contributed by atoms with Gasteiger partial charge in [0.15, 0.2) is 5.78 Å². The van der Waals surface area contributed by atoms with Gasteiger partial charge in [-0.1, -0.05) is 19.1 Å². The van der Waals surface area contributed by atoms with Crippen LogP contribution in [0.2, 0.25) is 0 Å². The molecule has 7 heteroatoms. The van der Waals surface area contributed by atoms with Gasteiger partial charge in [-0.15, -0.1) is 0 Å². The normalized spacial score (nSPS) is 12.9. The van der Waals surface area contributed by atoms with Crippen molar-refractivity contribution in [1.29, 1.82) is 0 Å². The van der Waals surface area contributed by atoms with Crippen LogP contribution in [0.25, 0.3) is 0 Å². The Morgan fingerprint density at radius 3 is 2.57 bits per heavy atom. The molecule has 0 aliphatic carbocycles. The number of benzene rings is 1. The topological polar surface area (TPSA) is 101 Å². The molecule has 0 radical (unpaired) electrons. The second-order valence-corrected chi connectivity index (χ2v) is 6.63. The summed E-state index contributed by atoms with van der Waals surface area (Å²) in [6, 6.07) is 5.80. The zero-order valence-corrected chi connectivity index (χ0v) is 12.8. The Labute approximate surface area is 124 Å². The van der Waals surface area contributed by atoms with Crippen LogP contribution in [0.5, 0.6) is 0 Å². The Kier molecular flexibility index (Phi) is 6.04. The number of carboxylic acids is 1. The van der Waals surface area contributed by atoms with Gasteiger partial charge < -0.3 is 5.11 Å². The van der Waals surface area contributed by atoms with Gasteiger partial charge in [0, 0.05) is 12.1 Å². The van der Waals surface area contributed by atoms with Crippen LogP contribution in [0.3, 0.4) is 0 Å². The van der Waals surface area contributed by atoms with E-state index in [2.05, 4.69) is 4.72 Å². The molecular formula is C14H19NO5S. The van der Waals surface area contributed by atoms with Crippen molar-refractivity contribution in [3.05, 3.63) is 29.8 Å². The second kappa shape index (κ2) is 7.33. The van der Waals surface area contributed by atoms with Crippen molar-refractivity contribution in [2.75, 3.05) is 6.54 Å². The zero-order chi connectivity index (χ0) is 16.0. The van der Waals surface area contributed by atoms with Crippen LogP contribution in [-0.4, -0.2) is 31.8 Å². The third-order valence-electron chi connectivity index (χ3n) is 3.08. The molecule has 0 amide bonds. The van der Waals surface area contributed by atoms with E-state index in [-0.39, 0.29) is 17.2 Å². The average Bonchev–Trinajstić information content (AvgIpc) is 2.43. The van der Waals surface area contributed by atoms with E-state index >= 15 is 0 Å². The molecule has 0 fully saturated rings. The van der Waals surface area contributed by atoms with E-state index in [0.29, 0.717) is 18.4 Å². The molecule has 2 N–H and O–H groups in total. The van der Waals surface area contributed by atoms with Gasteiger partial charge in [0.05, 0.1) is 10.8 Å². The second-order valence-electron chi connectivity index (χ2n) is 4.86. The SMILES string of the molecule is CC(=O)c1cccc(S(=O)(=O)NCCCC(C)C(=O)O)c1. The van der Waals surface area contributed by atoms with Gasteiger partial charge in [0.1, 0.15) is 0 Å². The molecule has 0 aromatic heterocycles. The first-order valence-corrected chi connectivity index (χ1v) is 8.06. The predicted molar refractivity (Wildman–Crippen MR) is 77.7 cm³/mol. The summed E-state index contributed by atoms with van der Waals surface area (Å²) in [4.78, 5) is 21.9. The Hall–Kier alpha value is -1.73. The molecule has 1 atom stereocenters. The summed E-state index contributed by atoms with van der Waals surface area (Å²) in [5.41, 5.74) is 0.331. The van der Waals surface area contributed by atoms with Gasteiger partial charge in [-0.2, -0.15) is 0 Å². The van der Waals surface area contributed by atoms with Gasteiger partial charge in [-0.05, 0) is 31.9 Å². The fourth-order valence-corrected chi connectivity index (χ4v) is 2.82. The minimum Gasteiger partial charge on any atom is -0.481 e. The summed E-state index contributed by atoms with van der Waals surface area (Å²) in [5.74, 6) is -1.61. The average molecular weight is 313 g/mol. The number of ketones is 1. The lowest BCUT2D eigenvalue weighted by Gasteiger charge is -2.09. The van der Waals surface area contributed by atoms with Gasteiger partial charge in [0.2, 0.25) is 10.0 Å². The molecule has 116 valence electrons. The van der Waals surface area contributed by atoms with Crippen LogP contribution >= 0.6 is 0 Å². The highest BCUT2D eigenvalue weighted by Gasteiger charge is 2.15. The Morgan fingerprint density at radius 2 is 2.00 bits per heavy atom. The van der Waals surface area contributed by atoms with Crippen molar-refractivity contribution in [3.63, 3.8) is 0 Å². The van der Waals surface area contributed by atoms with E-state index in [1.165, 1.54) is 25.1 Å². The van der Waals surface area contributed by atoms with E-state index in [1.807, 2.05) is 0 Å². The molecule has 1 rings (SSSR count). The van der Waals surface area contributed by atoms with E-state index < -0.39 is 21.9 Å². The Morgan fingerprint density at radius 1 is 1.33 bits per heavy atom. The number of rotatable bonds is 8. The quantitative estimate of drug-likeness (QED) is 0.561. The summed E-state index contributed by atoms with van der Waals surface area (Å²) in [5, 5.41) is 8.73. The van der Waals surface area contributed by atoms with E-state index in [1.54, 1.807) is 13.0 Å². The number of aliphatic carboxylic acids is 1. The number of hydrogen-bond donors (Lipinski definition) is 2. The zero-order valence-electron chi connectivity index (χ0n) is 12.0. The molecule has 0 saturated carbocycles. The lowest BCUT2D eigenvalue weighted by Crippen LogP contribution is -2.25. The van der Waals surface area contributed by atoms with Crippen LogP contribution in [-0.2, 0) is 14.8 Å². The highest BCUT2D eigenvalue weighted by molar-refractivity contribution is 7.89. The third kappa shape index (κ3) is 5.28. The molecular weight excluding hydrogens is 294 g/mol. The summed E-state index contributed by atoms with van der Waals surface area (Å²) in [6.07, 6.45) is 0.824. The predicted octanol–water partition coefficient (Wildman–Crippen LogP) is 1.67. The molecule has 0 saturated heterocycles. The maximum atomic E-state index is 12.0. The van der Waals surface area contributed by atoms with E-state index in [4.69, 9.17) is 5.11 Å². The first-order valence-electron chi connectivity index (χ1n) is 6.57. The van der Waals surface area contributed by atoms with Gasteiger partial charge in [-0.25, -0.2) is 13.1 Å². The largest absolute Gasteiger partial charge is 0.481 e. The molecule has 21 heavy (non-hydrogen) atoms. The molecule has 1 aromatic carbocycles. The number of sulfonamides is 1. The van der Waals surface area contributed by atoms with Crippen LogP contribution < -0.4 is 4.72 Å². The van der Waals surface area contributed by atoms with Crippen molar-refractivity contribution >= 4 is 21.8 Å². The number of carboxylic acid groups (broad SMARTS) is 1.